The number of nitrogens with zero attached hydrogens (tertiary/aromatic N) is 3. The Labute approximate surface area is 205 Å². The molecule has 174 valence electrons. The SMILES string of the molecule is Cc1cccn2c(=O)c(/C=C3/SC(=S)N(C4CCCCC4)C3=O)c(Oc3ccc(F)cc3)nc12. The van der Waals surface area contributed by atoms with Crippen molar-refractivity contribution in [2.75, 3.05) is 0 Å². The molecule has 0 N–H and O–H groups in total. The topological polar surface area (TPSA) is 63.9 Å². The fourth-order valence-electron chi connectivity index (χ4n) is 4.37. The fourth-order valence-corrected chi connectivity index (χ4v) is 5.75. The first-order valence-electron chi connectivity index (χ1n) is 11.1. The molecule has 6 nitrogen and oxygen atoms in total. The highest BCUT2D eigenvalue weighted by molar-refractivity contribution is 8.26. The van der Waals surface area contributed by atoms with Crippen molar-refractivity contribution in [3.8, 4) is 11.6 Å². The van der Waals surface area contributed by atoms with Gasteiger partial charge in [-0.1, -0.05) is 49.3 Å². The molecule has 34 heavy (non-hydrogen) atoms. The monoisotopic (exact) mass is 495 g/mol. The molecule has 0 radical (unpaired) electrons. The Morgan fingerprint density at radius 2 is 1.88 bits per heavy atom. The number of hydrogen-bond acceptors (Lipinski definition) is 6. The summed E-state index contributed by atoms with van der Waals surface area (Å²) in [7, 11) is 0. The lowest BCUT2D eigenvalue weighted by atomic mass is 9.94. The Hall–Kier alpha value is -3.04. The van der Waals surface area contributed by atoms with Crippen LogP contribution >= 0.6 is 24.0 Å². The van der Waals surface area contributed by atoms with Gasteiger partial charge in [0.15, 0.2) is 0 Å². The quantitative estimate of drug-likeness (QED) is 0.353. The van der Waals surface area contributed by atoms with Gasteiger partial charge in [0.2, 0.25) is 5.88 Å². The van der Waals surface area contributed by atoms with E-state index in [1.165, 1.54) is 52.9 Å². The lowest BCUT2D eigenvalue weighted by molar-refractivity contribution is -0.124. The van der Waals surface area contributed by atoms with E-state index in [9.17, 15) is 14.0 Å². The first-order valence-corrected chi connectivity index (χ1v) is 12.4. The summed E-state index contributed by atoms with van der Waals surface area (Å²) in [4.78, 5) is 33.4. The zero-order chi connectivity index (χ0) is 23.8. The summed E-state index contributed by atoms with van der Waals surface area (Å²) >= 11 is 6.72. The highest BCUT2D eigenvalue weighted by Crippen LogP contribution is 2.38. The number of carbonyl (C=O) groups is 1. The summed E-state index contributed by atoms with van der Waals surface area (Å²) in [5, 5.41) is 0. The van der Waals surface area contributed by atoms with Crippen LogP contribution in [-0.2, 0) is 4.79 Å². The minimum absolute atomic E-state index is 0.0499. The van der Waals surface area contributed by atoms with Crippen LogP contribution in [0.3, 0.4) is 0 Å². The maximum absolute atomic E-state index is 13.5. The van der Waals surface area contributed by atoms with Crippen LogP contribution in [0.5, 0.6) is 11.6 Å². The Morgan fingerprint density at radius 3 is 2.62 bits per heavy atom. The van der Waals surface area contributed by atoms with E-state index in [2.05, 4.69) is 4.98 Å². The lowest BCUT2D eigenvalue weighted by Crippen LogP contribution is -2.39. The normalized spacial score (nSPS) is 18.3. The number of amides is 1. The average molecular weight is 496 g/mol. The molecular formula is C25H22FN3O3S2. The van der Waals surface area contributed by atoms with Crippen molar-refractivity contribution in [1.82, 2.24) is 14.3 Å². The molecule has 3 aromatic rings. The third-order valence-electron chi connectivity index (χ3n) is 6.12. The second kappa shape index (κ2) is 9.31. The van der Waals surface area contributed by atoms with Gasteiger partial charge in [-0.2, -0.15) is 4.98 Å². The number of rotatable bonds is 4. The average Bonchev–Trinajstić information content (AvgIpc) is 3.11. The van der Waals surface area contributed by atoms with Crippen molar-refractivity contribution in [3.05, 3.63) is 74.8 Å². The fraction of sp³-hybridized carbons (Fsp3) is 0.280. The highest BCUT2D eigenvalue weighted by Gasteiger charge is 2.38. The number of hydrogen-bond donors (Lipinski definition) is 0. The van der Waals surface area contributed by atoms with Gasteiger partial charge in [0.1, 0.15) is 27.1 Å². The summed E-state index contributed by atoms with van der Waals surface area (Å²) in [5.41, 5.74) is 1.00. The molecule has 2 fully saturated rings. The summed E-state index contributed by atoms with van der Waals surface area (Å²) in [6.07, 6.45) is 8.33. The van der Waals surface area contributed by atoms with Gasteiger partial charge < -0.3 is 4.74 Å². The standard InChI is InChI=1S/C25H22FN3O3S2/c1-15-6-5-13-28-21(15)27-22(32-18-11-9-16(26)10-12-18)19(23(28)30)14-20-24(31)29(25(33)34-20)17-7-3-2-4-8-17/h5-6,9-14,17H,2-4,7-8H2,1H3/b20-14+. The molecule has 3 heterocycles. The number of aryl methyl sites for hydroxylation is 1. The largest absolute Gasteiger partial charge is 0.438 e. The van der Waals surface area contributed by atoms with Gasteiger partial charge in [0.05, 0.1) is 4.91 Å². The third-order valence-corrected chi connectivity index (χ3v) is 7.45. The number of fused-ring (bicyclic) bond motifs is 1. The number of pyridine rings is 1. The zero-order valence-electron chi connectivity index (χ0n) is 18.5. The van der Waals surface area contributed by atoms with Crippen molar-refractivity contribution < 1.29 is 13.9 Å². The van der Waals surface area contributed by atoms with Crippen molar-refractivity contribution in [1.29, 1.82) is 0 Å². The molecule has 1 saturated heterocycles. The van der Waals surface area contributed by atoms with Gasteiger partial charge >= 0.3 is 0 Å². The van der Waals surface area contributed by atoms with Crippen molar-refractivity contribution in [2.24, 2.45) is 0 Å². The highest BCUT2D eigenvalue weighted by atomic mass is 32.2. The van der Waals surface area contributed by atoms with Crippen LogP contribution in [-0.4, -0.2) is 30.6 Å². The van der Waals surface area contributed by atoms with Crippen LogP contribution in [0.15, 0.2) is 52.3 Å². The zero-order valence-corrected chi connectivity index (χ0v) is 20.1. The van der Waals surface area contributed by atoms with E-state index in [1.807, 2.05) is 13.0 Å². The molecule has 1 aliphatic carbocycles. The number of benzene rings is 1. The Morgan fingerprint density at radius 1 is 1.15 bits per heavy atom. The summed E-state index contributed by atoms with van der Waals surface area (Å²) in [6.45, 7) is 1.85. The molecule has 9 heteroatoms. The predicted molar refractivity (Wildman–Crippen MR) is 135 cm³/mol. The van der Waals surface area contributed by atoms with Crippen molar-refractivity contribution in [2.45, 2.75) is 45.1 Å². The van der Waals surface area contributed by atoms with Crippen molar-refractivity contribution in [3.63, 3.8) is 0 Å². The van der Waals surface area contributed by atoms with E-state index in [0.717, 1.165) is 31.2 Å². The molecule has 0 atom stereocenters. The van der Waals surface area contributed by atoms with Crippen LogP contribution in [0.1, 0.15) is 43.2 Å². The molecule has 1 saturated carbocycles. The molecule has 1 amide bonds. The molecule has 0 unspecified atom stereocenters. The van der Waals surface area contributed by atoms with Gasteiger partial charge in [0, 0.05) is 12.2 Å². The first kappa shape index (κ1) is 22.7. The summed E-state index contributed by atoms with van der Waals surface area (Å²) in [6, 6.07) is 9.16. The smallest absolute Gasteiger partial charge is 0.269 e. The van der Waals surface area contributed by atoms with E-state index in [0.29, 0.717) is 20.6 Å². The van der Waals surface area contributed by atoms with Crippen LogP contribution in [0.25, 0.3) is 11.7 Å². The second-order valence-electron chi connectivity index (χ2n) is 8.42. The van der Waals surface area contributed by atoms with Gasteiger partial charge in [-0.15, -0.1) is 0 Å². The molecule has 5 rings (SSSR count). The Balaban J connectivity index is 1.60. The van der Waals surface area contributed by atoms with Gasteiger partial charge in [-0.25, -0.2) is 4.39 Å². The molecule has 1 aromatic carbocycles. The molecule has 0 spiro atoms. The maximum atomic E-state index is 13.5. The predicted octanol–water partition coefficient (Wildman–Crippen LogP) is 5.47. The number of ether oxygens (including phenoxy) is 1. The Kier molecular flexibility index (Phi) is 6.22. The van der Waals surface area contributed by atoms with Gasteiger partial charge in [0.25, 0.3) is 11.5 Å². The van der Waals surface area contributed by atoms with E-state index < -0.39 is 5.82 Å². The minimum atomic E-state index is -0.402. The second-order valence-corrected chi connectivity index (χ2v) is 10.1. The number of halogens is 1. The van der Waals surface area contributed by atoms with E-state index in [4.69, 9.17) is 17.0 Å². The van der Waals surface area contributed by atoms with Crippen LogP contribution in [0, 0.1) is 12.7 Å². The van der Waals surface area contributed by atoms with Crippen LogP contribution in [0.4, 0.5) is 4.39 Å². The minimum Gasteiger partial charge on any atom is -0.438 e. The molecular weight excluding hydrogens is 473 g/mol. The molecule has 2 aromatic heterocycles. The Bertz CT molecular complexity index is 1380. The van der Waals surface area contributed by atoms with E-state index in [-0.39, 0.29) is 29.0 Å². The lowest BCUT2D eigenvalue weighted by Gasteiger charge is -2.29. The van der Waals surface area contributed by atoms with Gasteiger partial charge in [-0.3, -0.25) is 18.9 Å². The summed E-state index contributed by atoms with van der Waals surface area (Å²) < 4.78 is 21.2. The number of carbonyl (C=O) groups excluding carboxylic acids is 1. The number of thioether (sulfide) groups is 1. The van der Waals surface area contributed by atoms with Crippen LogP contribution in [0.2, 0.25) is 0 Å². The van der Waals surface area contributed by atoms with Crippen molar-refractivity contribution >= 4 is 45.9 Å². The molecule has 0 bridgehead atoms. The third kappa shape index (κ3) is 4.25. The van der Waals surface area contributed by atoms with Gasteiger partial charge in [-0.05, 0) is 61.7 Å². The number of aromatic nitrogens is 2. The summed E-state index contributed by atoms with van der Waals surface area (Å²) in [5.74, 6) is -0.214. The maximum Gasteiger partial charge on any atom is 0.269 e. The first-order chi connectivity index (χ1) is 16.4. The molecule has 1 aliphatic heterocycles. The molecule has 2 aliphatic rings. The van der Waals surface area contributed by atoms with Crippen LogP contribution < -0.4 is 10.3 Å². The number of thiocarbonyl (C=S) groups is 1. The van der Waals surface area contributed by atoms with E-state index in [1.54, 1.807) is 17.2 Å². The van der Waals surface area contributed by atoms with E-state index >= 15 is 0 Å².